The third-order valence-corrected chi connectivity index (χ3v) is 15.9. The maximum Gasteiger partial charge on any atom is 0.122 e. The number of rotatable bonds is 6. The summed E-state index contributed by atoms with van der Waals surface area (Å²) in [6, 6.07) is 0. The van der Waals surface area contributed by atoms with E-state index in [0.717, 1.165) is 12.3 Å². The van der Waals surface area contributed by atoms with E-state index in [4.69, 9.17) is 19.9 Å². The lowest BCUT2D eigenvalue weighted by Crippen LogP contribution is -2.75. The third kappa shape index (κ3) is 2.44. The van der Waals surface area contributed by atoms with Gasteiger partial charge in [-0.1, -0.05) is 53.2 Å². The van der Waals surface area contributed by atoms with Crippen molar-refractivity contribution in [1.82, 2.24) is 0 Å². The van der Waals surface area contributed by atoms with Gasteiger partial charge in [0.05, 0.1) is 24.7 Å². The number of nitrogens with two attached hydrogens (primary N) is 1. The van der Waals surface area contributed by atoms with E-state index in [0.29, 0.717) is 64.4 Å². The smallest absolute Gasteiger partial charge is 0.122 e. The van der Waals surface area contributed by atoms with Crippen molar-refractivity contribution in [3.05, 3.63) is 23.5 Å². The van der Waals surface area contributed by atoms with Crippen molar-refractivity contribution in [2.24, 2.45) is 68.3 Å². The van der Waals surface area contributed by atoms with E-state index in [-0.39, 0.29) is 23.2 Å². The minimum atomic E-state index is 0.0841. The lowest BCUT2D eigenvalue weighted by atomic mass is 9.32. The van der Waals surface area contributed by atoms with Crippen molar-refractivity contribution >= 4 is 0 Å². The molecule has 9 rings (SSSR count). The monoisotopic (exact) mass is 535 g/mol. The SMILES string of the molecule is COC1CC23CCC(C)(C1OCCN)C1CCC4C(=CCC56C=C7OC(C(C)C(C)C)(CCC45C)C76)C12C3C. The zero-order valence-electron chi connectivity index (χ0n) is 25.6. The maximum absolute atomic E-state index is 6.72. The minimum Gasteiger partial charge on any atom is -0.490 e. The Labute approximate surface area is 236 Å². The Hall–Kier alpha value is -0.840. The lowest BCUT2D eigenvalue weighted by molar-refractivity contribution is -0.302. The van der Waals surface area contributed by atoms with E-state index in [2.05, 4.69) is 53.7 Å². The van der Waals surface area contributed by atoms with Crippen molar-refractivity contribution in [3.8, 4) is 0 Å². The summed E-state index contributed by atoms with van der Waals surface area (Å²) in [6.07, 6.45) is 16.1. The molecule has 13 unspecified atom stereocenters. The Morgan fingerprint density at radius 3 is 2.59 bits per heavy atom. The van der Waals surface area contributed by atoms with Crippen LogP contribution in [0.3, 0.4) is 0 Å². The van der Waals surface area contributed by atoms with E-state index in [9.17, 15) is 0 Å². The number of allylic oxidation sites excluding steroid dienone is 3. The molecule has 9 aliphatic rings. The molecule has 0 amide bonds. The van der Waals surface area contributed by atoms with Gasteiger partial charge in [-0.25, -0.2) is 0 Å². The van der Waals surface area contributed by atoms with Crippen LogP contribution in [-0.4, -0.2) is 38.1 Å². The summed E-state index contributed by atoms with van der Waals surface area (Å²) in [5, 5.41) is 0. The molecule has 1 aliphatic heterocycles. The third-order valence-electron chi connectivity index (χ3n) is 15.9. The Kier molecular flexibility index (Phi) is 5.01. The molecule has 1 heterocycles. The highest BCUT2D eigenvalue weighted by atomic mass is 16.5. The summed E-state index contributed by atoms with van der Waals surface area (Å²) in [5.41, 5.74) is 9.48. The molecule has 6 saturated carbocycles. The molecule has 4 nitrogen and oxygen atoms in total. The Bertz CT molecular complexity index is 1160. The van der Waals surface area contributed by atoms with E-state index < -0.39 is 0 Å². The highest BCUT2D eigenvalue weighted by Gasteiger charge is 2.87. The van der Waals surface area contributed by atoms with Crippen molar-refractivity contribution in [1.29, 1.82) is 0 Å². The Morgan fingerprint density at radius 2 is 1.90 bits per heavy atom. The highest BCUT2D eigenvalue weighted by molar-refractivity contribution is 5.51. The summed E-state index contributed by atoms with van der Waals surface area (Å²) in [5.74, 6) is 5.42. The summed E-state index contributed by atoms with van der Waals surface area (Å²) in [4.78, 5) is 0. The van der Waals surface area contributed by atoms with Crippen molar-refractivity contribution in [2.45, 2.75) is 111 Å². The van der Waals surface area contributed by atoms with Crippen LogP contribution in [0.2, 0.25) is 0 Å². The topological polar surface area (TPSA) is 53.7 Å². The summed E-state index contributed by atoms with van der Waals surface area (Å²) in [6.45, 7) is 16.4. The molecule has 13 atom stereocenters. The van der Waals surface area contributed by atoms with Gasteiger partial charge in [-0.2, -0.15) is 0 Å². The molecule has 2 N–H and O–H groups in total. The number of fused-ring (bicyclic) bond motifs is 5. The molecule has 3 spiro atoms. The van der Waals surface area contributed by atoms with Crippen LogP contribution in [0.1, 0.15) is 92.9 Å². The predicted molar refractivity (Wildman–Crippen MR) is 154 cm³/mol. The standard InChI is InChI=1S/C35H53NO3/c1-20(2)21(3)34-15-13-31(6)23-8-9-27-30(5)12-14-32(19-26(37-7)29(30)38-17-16-36)22(4)35(27,32)24(23)10-11-33(31)18-25(39-34)28(33)34/h10,18,20-23,26-29H,8-9,11-17,19,36H2,1-7H3. The second kappa shape index (κ2) is 7.56. The zero-order valence-corrected chi connectivity index (χ0v) is 25.6. The molecule has 0 aromatic rings. The average Bonchev–Trinajstić information content (AvgIpc) is 3.47. The van der Waals surface area contributed by atoms with Gasteiger partial charge in [-0.05, 0) is 97.9 Å². The normalized spacial score (nSPS) is 58.1. The first-order valence-corrected chi connectivity index (χ1v) is 16.5. The van der Waals surface area contributed by atoms with Crippen molar-refractivity contribution in [2.75, 3.05) is 20.3 Å². The number of methoxy groups -OCH3 is 1. The first-order valence-electron chi connectivity index (χ1n) is 16.5. The molecule has 216 valence electrons. The molecule has 7 fully saturated rings. The quantitative estimate of drug-likeness (QED) is 0.376. The van der Waals surface area contributed by atoms with Gasteiger partial charge >= 0.3 is 0 Å². The molecule has 2 bridgehead atoms. The van der Waals surface area contributed by atoms with Gasteiger partial charge in [0.2, 0.25) is 0 Å². The lowest BCUT2D eigenvalue weighted by Gasteiger charge is -2.77. The first-order chi connectivity index (χ1) is 18.5. The van der Waals surface area contributed by atoms with E-state index >= 15 is 0 Å². The first kappa shape index (κ1) is 25.8. The highest BCUT2D eigenvalue weighted by Crippen LogP contribution is 2.91. The van der Waals surface area contributed by atoms with Gasteiger partial charge in [-0.15, -0.1) is 0 Å². The zero-order chi connectivity index (χ0) is 27.4. The van der Waals surface area contributed by atoms with E-state index in [1.807, 2.05) is 12.7 Å². The molecule has 1 saturated heterocycles. The average molecular weight is 536 g/mol. The molecule has 0 aromatic heterocycles. The molecule has 39 heavy (non-hydrogen) atoms. The fourth-order valence-electron chi connectivity index (χ4n) is 13.8. The van der Waals surface area contributed by atoms with Crippen molar-refractivity contribution < 1.29 is 14.2 Å². The molecule has 8 aliphatic carbocycles. The summed E-state index contributed by atoms with van der Waals surface area (Å²) < 4.78 is 19.7. The van der Waals surface area contributed by atoms with Crippen LogP contribution in [0.5, 0.6) is 0 Å². The van der Waals surface area contributed by atoms with Crippen LogP contribution in [0.15, 0.2) is 23.5 Å². The maximum atomic E-state index is 6.72. The fraction of sp³-hybridized carbons (Fsp3) is 0.886. The molecular formula is C35H53NO3. The molecule has 4 heteroatoms. The van der Waals surface area contributed by atoms with Crippen LogP contribution < -0.4 is 5.73 Å². The van der Waals surface area contributed by atoms with Crippen LogP contribution in [0.4, 0.5) is 0 Å². The van der Waals surface area contributed by atoms with Crippen molar-refractivity contribution in [3.63, 3.8) is 0 Å². The second-order valence-corrected chi connectivity index (χ2v) is 16.4. The molecule has 0 radical (unpaired) electrons. The van der Waals surface area contributed by atoms with Gasteiger partial charge in [0.1, 0.15) is 11.4 Å². The van der Waals surface area contributed by atoms with Gasteiger partial charge in [0.15, 0.2) is 0 Å². The van der Waals surface area contributed by atoms with Crippen LogP contribution >= 0.6 is 0 Å². The Morgan fingerprint density at radius 1 is 1.10 bits per heavy atom. The summed E-state index contributed by atoms with van der Waals surface area (Å²) in [7, 11) is 1.93. The second-order valence-electron chi connectivity index (χ2n) is 16.4. The minimum absolute atomic E-state index is 0.0841. The van der Waals surface area contributed by atoms with Crippen LogP contribution in [0.25, 0.3) is 0 Å². The van der Waals surface area contributed by atoms with Gasteiger partial charge in [0.25, 0.3) is 0 Å². The Balaban J connectivity index is 1.23. The van der Waals surface area contributed by atoms with Gasteiger partial charge < -0.3 is 19.9 Å². The van der Waals surface area contributed by atoms with Gasteiger partial charge in [0, 0.05) is 29.9 Å². The van der Waals surface area contributed by atoms with Gasteiger partial charge in [-0.3, -0.25) is 0 Å². The van der Waals surface area contributed by atoms with E-state index in [1.165, 1.54) is 50.7 Å². The van der Waals surface area contributed by atoms with Crippen LogP contribution in [-0.2, 0) is 14.2 Å². The number of ether oxygens (including phenoxy) is 3. The van der Waals surface area contributed by atoms with E-state index in [1.54, 1.807) is 0 Å². The number of hydrogen-bond acceptors (Lipinski definition) is 4. The summed E-state index contributed by atoms with van der Waals surface area (Å²) >= 11 is 0. The number of hydrogen-bond donors (Lipinski definition) is 1. The largest absolute Gasteiger partial charge is 0.490 e. The molecular weight excluding hydrogens is 482 g/mol. The predicted octanol–water partition coefficient (Wildman–Crippen LogP) is 6.89. The molecule has 0 aromatic carbocycles. The fourth-order valence-corrected chi connectivity index (χ4v) is 13.8. The van der Waals surface area contributed by atoms with Crippen LogP contribution in [0, 0.1) is 62.6 Å².